The number of nitrogens with zero attached hydrogens (tertiary/aromatic N) is 3. The van der Waals surface area contributed by atoms with Gasteiger partial charge in [-0.05, 0) is 35.4 Å². The molecule has 0 aliphatic carbocycles. The Balaban J connectivity index is 1.42. The summed E-state index contributed by atoms with van der Waals surface area (Å²) in [5.41, 5.74) is 8.76. The summed E-state index contributed by atoms with van der Waals surface area (Å²) in [5.74, 6) is 2.08. The Morgan fingerprint density at radius 3 is 2.23 bits per heavy atom. The Hall–Kier alpha value is -4.77. The molecule has 0 aliphatic heterocycles. The third kappa shape index (κ3) is 7.86. The van der Waals surface area contributed by atoms with E-state index in [1.54, 1.807) is 31.3 Å². The van der Waals surface area contributed by atoms with Crippen LogP contribution in [0, 0.1) is 0 Å². The molecular formula is C28H32N6O5. The Morgan fingerprint density at radius 1 is 0.923 bits per heavy atom. The maximum absolute atomic E-state index is 12.9. The highest BCUT2D eigenvalue weighted by Crippen LogP contribution is 2.15. The lowest BCUT2D eigenvalue weighted by Gasteiger charge is -2.17. The van der Waals surface area contributed by atoms with E-state index in [4.69, 9.17) is 24.8 Å². The van der Waals surface area contributed by atoms with Crippen molar-refractivity contribution < 1.29 is 19.0 Å². The lowest BCUT2D eigenvalue weighted by molar-refractivity contribution is 0.0859. The zero-order valence-corrected chi connectivity index (χ0v) is 21.9. The molecule has 0 radical (unpaired) electrons. The Morgan fingerprint density at radius 2 is 1.59 bits per heavy atom. The van der Waals surface area contributed by atoms with Gasteiger partial charge in [-0.25, -0.2) is 9.97 Å². The van der Waals surface area contributed by atoms with E-state index >= 15 is 0 Å². The maximum atomic E-state index is 12.9. The third-order valence-corrected chi connectivity index (χ3v) is 5.81. The molecule has 4 N–H and O–H groups in total. The first-order valence-corrected chi connectivity index (χ1v) is 12.3. The lowest BCUT2D eigenvalue weighted by Crippen LogP contribution is -2.27. The SMILES string of the molecule is COc1ccc(COc2cn(OCc3ccc(OC)cc3)c(CNCCNc3cncnc3N)cc2=O)cc1. The van der Waals surface area contributed by atoms with E-state index in [-0.39, 0.29) is 24.4 Å². The Bertz CT molecular complexity index is 1390. The number of hydrogen-bond acceptors (Lipinski definition) is 10. The first kappa shape index (κ1) is 27.3. The van der Waals surface area contributed by atoms with Crippen molar-refractivity contribution in [2.24, 2.45) is 0 Å². The van der Waals surface area contributed by atoms with Gasteiger partial charge in [0.25, 0.3) is 0 Å². The smallest absolute Gasteiger partial charge is 0.223 e. The van der Waals surface area contributed by atoms with Crippen LogP contribution < -0.4 is 40.8 Å². The van der Waals surface area contributed by atoms with Crippen LogP contribution in [0.5, 0.6) is 17.2 Å². The predicted molar refractivity (Wildman–Crippen MR) is 148 cm³/mol. The number of methoxy groups -OCH3 is 2. The molecule has 4 aromatic rings. The molecule has 0 amide bonds. The molecule has 0 bridgehead atoms. The van der Waals surface area contributed by atoms with Gasteiger partial charge in [0.1, 0.15) is 36.9 Å². The molecule has 11 heteroatoms. The average molecular weight is 533 g/mol. The van der Waals surface area contributed by atoms with E-state index in [0.717, 1.165) is 22.6 Å². The summed E-state index contributed by atoms with van der Waals surface area (Å²) in [6, 6.07) is 16.6. The van der Waals surface area contributed by atoms with E-state index in [2.05, 4.69) is 20.6 Å². The molecule has 204 valence electrons. The second-order valence-corrected chi connectivity index (χ2v) is 8.50. The van der Waals surface area contributed by atoms with Crippen molar-refractivity contribution in [1.29, 1.82) is 0 Å². The van der Waals surface area contributed by atoms with Gasteiger partial charge < -0.3 is 35.4 Å². The van der Waals surface area contributed by atoms with Gasteiger partial charge in [0.05, 0.1) is 38.0 Å². The molecule has 0 atom stereocenters. The second kappa shape index (κ2) is 13.7. The van der Waals surface area contributed by atoms with Crippen molar-refractivity contribution in [2.75, 3.05) is 38.4 Å². The summed E-state index contributed by atoms with van der Waals surface area (Å²) in [6.45, 7) is 2.08. The van der Waals surface area contributed by atoms with Crippen LogP contribution in [0.4, 0.5) is 11.5 Å². The van der Waals surface area contributed by atoms with Crippen molar-refractivity contribution in [3.05, 3.63) is 100 Å². The summed E-state index contributed by atoms with van der Waals surface area (Å²) >= 11 is 0. The number of nitrogen functional groups attached to an aromatic ring is 1. The first-order chi connectivity index (χ1) is 19.1. The van der Waals surface area contributed by atoms with Crippen LogP contribution in [-0.4, -0.2) is 42.0 Å². The quantitative estimate of drug-likeness (QED) is 0.208. The molecule has 4 rings (SSSR count). The number of benzene rings is 2. The van der Waals surface area contributed by atoms with Gasteiger partial charge in [0, 0.05) is 25.7 Å². The molecule has 0 unspecified atom stereocenters. The number of hydrogen-bond donors (Lipinski definition) is 3. The number of pyridine rings is 1. The second-order valence-electron chi connectivity index (χ2n) is 8.50. The fraction of sp³-hybridized carbons (Fsp3) is 0.250. The van der Waals surface area contributed by atoms with Crippen LogP contribution in [0.3, 0.4) is 0 Å². The molecule has 0 spiro atoms. The molecule has 2 aromatic carbocycles. The predicted octanol–water partition coefficient (Wildman–Crippen LogP) is 2.65. The van der Waals surface area contributed by atoms with Crippen molar-refractivity contribution in [3.63, 3.8) is 0 Å². The summed E-state index contributed by atoms with van der Waals surface area (Å²) < 4.78 is 17.8. The molecule has 2 heterocycles. The normalized spacial score (nSPS) is 10.6. The zero-order valence-electron chi connectivity index (χ0n) is 21.9. The molecule has 39 heavy (non-hydrogen) atoms. The highest BCUT2D eigenvalue weighted by molar-refractivity contribution is 5.59. The number of anilines is 2. The minimum atomic E-state index is -0.239. The number of rotatable bonds is 14. The molecule has 0 fully saturated rings. The fourth-order valence-corrected chi connectivity index (χ4v) is 3.62. The fourth-order valence-electron chi connectivity index (χ4n) is 3.62. The summed E-state index contributed by atoms with van der Waals surface area (Å²) in [7, 11) is 3.23. The van der Waals surface area contributed by atoms with Gasteiger partial charge in [-0.15, -0.1) is 0 Å². The van der Waals surface area contributed by atoms with Crippen LogP contribution in [0.1, 0.15) is 16.8 Å². The summed E-state index contributed by atoms with van der Waals surface area (Å²) in [6.07, 6.45) is 4.60. The monoisotopic (exact) mass is 532 g/mol. The average Bonchev–Trinajstić information content (AvgIpc) is 2.97. The van der Waals surface area contributed by atoms with Crippen molar-refractivity contribution in [1.82, 2.24) is 20.0 Å². The molecule has 2 aromatic heterocycles. The highest BCUT2D eigenvalue weighted by Gasteiger charge is 2.10. The standard InChI is InChI=1S/C28H32N6O5/c1-36-23-7-3-20(4-8-23)17-38-27-16-34(39-18-21-5-9-24(37-2)10-6-21)22(13-26(27)35)14-30-11-12-32-25-15-31-19-33-28(25)29/h3-10,13,15-16,19,30,32H,11-12,14,17-18H2,1-2H3,(H2,29,31,33). The Labute approximate surface area is 226 Å². The van der Waals surface area contributed by atoms with Gasteiger partial charge in [0.2, 0.25) is 5.43 Å². The number of nitrogens with one attached hydrogen (secondary N) is 2. The number of nitrogens with two attached hydrogens (primary N) is 1. The Kier molecular flexibility index (Phi) is 9.57. The van der Waals surface area contributed by atoms with E-state index < -0.39 is 0 Å². The van der Waals surface area contributed by atoms with Gasteiger partial charge in [0.15, 0.2) is 5.75 Å². The van der Waals surface area contributed by atoms with Crippen molar-refractivity contribution in [3.8, 4) is 17.2 Å². The highest BCUT2D eigenvalue weighted by atomic mass is 16.7. The molecule has 11 nitrogen and oxygen atoms in total. The van der Waals surface area contributed by atoms with Crippen LogP contribution in [0.15, 0.2) is 78.1 Å². The molecule has 0 saturated heterocycles. The topological polar surface area (TPSA) is 135 Å². The van der Waals surface area contributed by atoms with Crippen LogP contribution in [0.25, 0.3) is 0 Å². The van der Waals surface area contributed by atoms with Crippen molar-refractivity contribution >= 4 is 11.5 Å². The van der Waals surface area contributed by atoms with E-state index in [1.807, 2.05) is 48.5 Å². The van der Waals surface area contributed by atoms with Gasteiger partial charge in [-0.3, -0.25) is 4.79 Å². The molecule has 0 aliphatic rings. The number of ether oxygens (including phenoxy) is 3. The maximum Gasteiger partial charge on any atom is 0.223 e. The molecule has 0 saturated carbocycles. The van der Waals surface area contributed by atoms with E-state index in [1.165, 1.54) is 12.4 Å². The van der Waals surface area contributed by atoms with Crippen LogP contribution in [-0.2, 0) is 19.8 Å². The summed E-state index contributed by atoms with van der Waals surface area (Å²) in [4.78, 5) is 26.9. The van der Waals surface area contributed by atoms with Gasteiger partial charge >= 0.3 is 0 Å². The number of aromatic nitrogens is 3. The van der Waals surface area contributed by atoms with Gasteiger partial charge in [-0.1, -0.05) is 24.3 Å². The third-order valence-electron chi connectivity index (χ3n) is 5.81. The zero-order chi connectivity index (χ0) is 27.5. The first-order valence-electron chi connectivity index (χ1n) is 12.3. The van der Waals surface area contributed by atoms with E-state index in [0.29, 0.717) is 36.8 Å². The van der Waals surface area contributed by atoms with Crippen LogP contribution >= 0.6 is 0 Å². The van der Waals surface area contributed by atoms with Crippen molar-refractivity contribution in [2.45, 2.75) is 19.8 Å². The molecular weight excluding hydrogens is 500 g/mol. The van der Waals surface area contributed by atoms with Crippen LogP contribution in [0.2, 0.25) is 0 Å². The minimum absolute atomic E-state index is 0.186. The van der Waals surface area contributed by atoms with E-state index in [9.17, 15) is 4.79 Å². The minimum Gasteiger partial charge on any atom is -0.497 e. The summed E-state index contributed by atoms with van der Waals surface area (Å²) in [5, 5.41) is 6.49. The lowest BCUT2D eigenvalue weighted by atomic mass is 10.2. The largest absolute Gasteiger partial charge is 0.497 e. The van der Waals surface area contributed by atoms with Gasteiger partial charge in [-0.2, -0.15) is 4.73 Å².